The summed E-state index contributed by atoms with van der Waals surface area (Å²) in [5.74, 6) is 1.31. The maximum atomic E-state index is 11.3. The second kappa shape index (κ2) is 6.57. The minimum Gasteiger partial charge on any atom is -0.333 e. The fraction of sp³-hybridized carbons (Fsp3) is 0.750. The zero-order chi connectivity index (χ0) is 13.8. The molecule has 0 fully saturated rings. The van der Waals surface area contributed by atoms with Crippen LogP contribution in [-0.2, 0) is 22.0 Å². The van der Waals surface area contributed by atoms with Gasteiger partial charge in [-0.25, -0.2) is 13.4 Å². The summed E-state index contributed by atoms with van der Waals surface area (Å²) in [7, 11) is 1.61. The lowest BCUT2D eigenvalue weighted by Crippen LogP contribution is -2.10. The van der Waals surface area contributed by atoms with E-state index in [-0.39, 0.29) is 5.03 Å². The van der Waals surface area contributed by atoms with Crippen molar-refractivity contribution in [2.45, 2.75) is 58.0 Å². The van der Waals surface area contributed by atoms with Gasteiger partial charge in [-0.1, -0.05) is 27.2 Å². The van der Waals surface area contributed by atoms with Crippen LogP contribution in [0.5, 0.6) is 0 Å². The Balaban J connectivity index is 2.97. The van der Waals surface area contributed by atoms with Crippen molar-refractivity contribution in [1.82, 2.24) is 9.55 Å². The molecule has 104 valence electrons. The molecule has 1 heterocycles. The maximum absolute atomic E-state index is 11.3. The average molecular weight is 293 g/mol. The van der Waals surface area contributed by atoms with E-state index < -0.39 is 9.05 Å². The van der Waals surface area contributed by atoms with Gasteiger partial charge in [0.05, 0.1) is 0 Å². The van der Waals surface area contributed by atoms with Crippen LogP contribution < -0.4 is 0 Å². The van der Waals surface area contributed by atoms with Gasteiger partial charge in [-0.05, 0) is 18.8 Å². The van der Waals surface area contributed by atoms with E-state index in [0.29, 0.717) is 5.92 Å². The number of rotatable bonds is 7. The number of hydrogen-bond acceptors (Lipinski definition) is 3. The maximum Gasteiger partial charge on any atom is 0.280 e. The first-order valence-electron chi connectivity index (χ1n) is 6.39. The van der Waals surface area contributed by atoms with Crippen LogP contribution in [0.3, 0.4) is 0 Å². The summed E-state index contributed by atoms with van der Waals surface area (Å²) in [5.41, 5.74) is 0. The fourth-order valence-electron chi connectivity index (χ4n) is 2.05. The van der Waals surface area contributed by atoms with E-state index >= 15 is 0 Å². The van der Waals surface area contributed by atoms with Crippen LogP contribution in [0, 0.1) is 5.92 Å². The standard InChI is InChI=1S/C12H21ClN2O2S/c1-4-6-10(3)8-15-9-12(18(13,16)17)14-11(15)7-5-2/h9-10H,4-8H2,1-3H3. The van der Waals surface area contributed by atoms with Crippen LogP contribution in [0.25, 0.3) is 0 Å². The van der Waals surface area contributed by atoms with Gasteiger partial charge >= 0.3 is 0 Å². The number of halogens is 1. The van der Waals surface area contributed by atoms with Gasteiger partial charge in [-0.15, -0.1) is 0 Å². The van der Waals surface area contributed by atoms with Gasteiger partial charge in [-0.3, -0.25) is 0 Å². The van der Waals surface area contributed by atoms with Gasteiger partial charge in [0.15, 0.2) is 5.03 Å². The van der Waals surface area contributed by atoms with Crippen molar-refractivity contribution in [3.63, 3.8) is 0 Å². The molecule has 0 saturated heterocycles. The zero-order valence-corrected chi connectivity index (χ0v) is 12.8. The average Bonchev–Trinajstić information content (AvgIpc) is 2.62. The molecule has 18 heavy (non-hydrogen) atoms. The molecule has 0 aliphatic heterocycles. The first-order chi connectivity index (χ1) is 8.38. The Bertz CT molecular complexity index is 482. The third-order valence-corrected chi connectivity index (χ3v) is 4.02. The van der Waals surface area contributed by atoms with Crippen LogP contribution in [0.4, 0.5) is 0 Å². The molecule has 0 aromatic carbocycles. The predicted molar refractivity (Wildman–Crippen MR) is 73.3 cm³/mol. The minimum atomic E-state index is -3.73. The smallest absolute Gasteiger partial charge is 0.280 e. The summed E-state index contributed by atoms with van der Waals surface area (Å²) in [4.78, 5) is 4.13. The van der Waals surface area contributed by atoms with Crippen molar-refractivity contribution in [2.75, 3.05) is 0 Å². The van der Waals surface area contributed by atoms with Gasteiger partial charge in [0.25, 0.3) is 9.05 Å². The second-order valence-electron chi connectivity index (χ2n) is 4.73. The number of aryl methyl sites for hydroxylation is 1. The second-order valence-corrected chi connectivity index (χ2v) is 7.24. The summed E-state index contributed by atoms with van der Waals surface area (Å²) in [6.45, 7) is 7.14. The first-order valence-corrected chi connectivity index (χ1v) is 8.70. The molecule has 6 heteroatoms. The van der Waals surface area contributed by atoms with Crippen molar-refractivity contribution in [3.8, 4) is 0 Å². The monoisotopic (exact) mass is 292 g/mol. The Morgan fingerprint density at radius 3 is 2.56 bits per heavy atom. The molecule has 0 aliphatic carbocycles. The number of imidazole rings is 1. The van der Waals surface area contributed by atoms with Crippen LogP contribution >= 0.6 is 10.7 Å². The van der Waals surface area contributed by atoms with Gasteiger partial charge in [0.1, 0.15) is 5.82 Å². The number of aromatic nitrogens is 2. The van der Waals surface area contributed by atoms with Crippen LogP contribution in [0.2, 0.25) is 0 Å². The summed E-state index contributed by atoms with van der Waals surface area (Å²) < 4.78 is 24.5. The lowest BCUT2D eigenvalue weighted by Gasteiger charge is -2.13. The quantitative estimate of drug-likeness (QED) is 0.725. The minimum absolute atomic E-state index is 0.0312. The predicted octanol–water partition coefficient (Wildman–Crippen LogP) is 3.20. The van der Waals surface area contributed by atoms with Crippen molar-refractivity contribution in [1.29, 1.82) is 0 Å². The molecule has 0 saturated carbocycles. The van der Waals surface area contributed by atoms with Crippen molar-refractivity contribution < 1.29 is 8.42 Å². The van der Waals surface area contributed by atoms with Gasteiger partial charge in [-0.2, -0.15) is 0 Å². The molecule has 1 aromatic heterocycles. The van der Waals surface area contributed by atoms with Gasteiger partial charge in [0, 0.05) is 29.8 Å². The molecular weight excluding hydrogens is 272 g/mol. The third kappa shape index (κ3) is 4.28. The Kier molecular flexibility index (Phi) is 5.66. The van der Waals surface area contributed by atoms with Crippen LogP contribution in [0.1, 0.15) is 45.9 Å². The summed E-state index contributed by atoms with van der Waals surface area (Å²) >= 11 is 0. The number of nitrogens with zero attached hydrogens (tertiary/aromatic N) is 2. The van der Waals surface area contributed by atoms with E-state index in [0.717, 1.165) is 38.1 Å². The highest BCUT2D eigenvalue weighted by molar-refractivity contribution is 8.13. The molecule has 1 aromatic rings. The van der Waals surface area contributed by atoms with Crippen molar-refractivity contribution >= 4 is 19.7 Å². The lowest BCUT2D eigenvalue weighted by atomic mass is 10.1. The van der Waals surface area contributed by atoms with Crippen molar-refractivity contribution in [2.24, 2.45) is 5.92 Å². The van der Waals surface area contributed by atoms with E-state index in [1.54, 1.807) is 6.20 Å². The molecule has 0 spiro atoms. The number of hydrogen-bond donors (Lipinski definition) is 0. The molecule has 0 bridgehead atoms. The highest BCUT2D eigenvalue weighted by Gasteiger charge is 2.18. The van der Waals surface area contributed by atoms with Crippen molar-refractivity contribution in [3.05, 3.63) is 12.0 Å². The Hall–Kier alpha value is -0.550. The fourth-order valence-corrected chi connectivity index (χ4v) is 2.74. The molecule has 0 aliphatic rings. The molecule has 0 radical (unpaired) electrons. The van der Waals surface area contributed by atoms with Gasteiger partial charge in [0.2, 0.25) is 0 Å². The van der Waals surface area contributed by atoms with E-state index in [1.165, 1.54) is 0 Å². The summed E-state index contributed by atoms with van der Waals surface area (Å²) in [6.07, 6.45) is 5.50. The zero-order valence-electron chi connectivity index (χ0n) is 11.2. The SMILES string of the molecule is CCCc1nc(S(=O)(=O)Cl)cn1CC(C)CCC. The topological polar surface area (TPSA) is 52.0 Å². The normalized spacial score (nSPS) is 13.8. The molecule has 4 nitrogen and oxygen atoms in total. The Morgan fingerprint density at radius 1 is 1.39 bits per heavy atom. The highest BCUT2D eigenvalue weighted by Crippen LogP contribution is 2.18. The van der Waals surface area contributed by atoms with E-state index in [4.69, 9.17) is 10.7 Å². The Labute approximate surface area is 114 Å². The molecule has 0 N–H and O–H groups in total. The van der Waals surface area contributed by atoms with Gasteiger partial charge < -0.3 is 4.57 Å². The molecule has 1 unspecified atom stereocenters. The molecule has 0 amide bonds. The highest BCUT2D eigenvalue weighted by atomic mass is 35.7. The lowest BCUT2D eigenvalue weighted by molar-refractivity contribution is 0.436. The van der Waals surface area contributed by atoms with E-state index in [9.17, 15) is 8.42 Å². The largest absolute Gasteiger partial charge is 0.333 e. The van der Waals surface area contributed by atoms with E-state index in [2.05, 4.69) is 18.8 Å². The van der Waals surface area contributed by atoms with Crippen LogP contribution in [-0.4, -0.2) is 18.0 Å². The summed E-state index contributed by atoms with van der Waals surface area (Å²) in [5, 5.41) is -0.0312. The van der Waals surface area contributed by atoms with E-state index in [1.807, 2.05) is 11.5 Å². The first kappa shape index (κ1) is 15.5. The Morgan fingerprint density at radius 2 is 2.06 bits per heavy atom. The third-order valence-electron chi connectivity index (χ3n) is 2.85. The van der Waals surface area contributed by atoms with Crippen LogP contribution in [0.15, 0.2) is 11.2 Å². The molecule has 1 atom stereocenters. The molecular formula is C12H21ClN2O2S. The molecule has 1 rings (SSSR count). The summed E-state index contributed by atoms with van der Waals surface area (Å²) in [6, 6.07) is 0.